The van der Waals surface area contributed by atoms with E-state index >= 15 is 0 Å². The molecule has 1 amide bonds. The molecule has 3 N–H and O–H groups in total. The Morgan fingerprint density at radius 2 is 1.88 bits per heavy atom. The van der Waals surface area contributed by atoms with Gasteiger partial charge in [0.1, 0.15) is 5.60 Å². The fourth-order valence-corrected chi connectivity index (χ4v) is 3.11. The summed E-state index contributed by atoms with van der Waals surface area (Å²) >= 11 is 0. The maximum Gasteiger partial charge on any atom is 0.410 e. The number of hydrogen-bond donors (Lipinski definition) is 2. The van der Waals surface area contributed by atoms with Gasteiger partial charge in [0.05, 0.1) is 6.26 Å². The molecule has 0 aliphatic carbocycles. The van der Waals surface area contributed by atoms with E-state index in [0.717, 1.165) is 0 Å². The molecule has 134 valence electrons. The number of furan rings is 1. The van der Waals surface area contributed by atoms with Crippen molar-refractivity contribution in [3.05, 3.63) is 23.7 Å². The molecule has 24 heavy (non-hydrogen) atoms. The summed E-state index contributed by atoms with van der Waals surface area (Å²) in [6, 6.07) is 1.61. The minimum Gasteiger partial charge on any atom is -0.475 e. The smallest absolute Gasteiger partial charge is 0.410 e. The van der Waals surface area contributed by atoms with Crippen molar-refractivity contribution in [1.82, 2.24) is 4.90 Å². The van der Waals surface area contributed by atoms with Crippen molar-refractivity contribution < 1.29 is 23.8 Å². The molecule has 7 heteroatoms. The zero-order valence-corrected chi connectivity index (χ0v) is 14.7. The number of aromatic carboxylic acids is 1. The van der Waals surface area contributed by atoms with Crippen LogP contribution >= 0.6 is 0 Å². The second-order valence-corrected chi connectivity index (χ2v) is 7.49. The molecule has 1 aromatic heterocycles. The molecule has 2 heterocycles. The van der Waals surface area contributed by atoms with Gasteiger partial charge >= 0.3 is 12.1 Å². The Bertz CT molecular complexity index is 607. The number of hydrogen-bond acceptors (Lipinski definition) is 5. The highest BCUT2D eigenvalue weighted by atomic mass is 16.6. The largest absolute Gasteiger partial charge is 0.475 e. The number of rotatable bonds is 3. The van der Waals surface area contributed by atoms with Crippen LogP contribution in [0.5, 0.6) is 0 Å². The summed E-state index contributed by atoms with van der Waals surface area (Å²) in [5, 5.41) is 9.22. The molecule has 0 aromatic carbocycles. The molecule has 0 bridgehead atoms. The second-order valence-electron chi connectivity index (χ2n) is 7.49. The van der Waals surface area contributed by atoms with E-state index in [0.29, 0.717) is 31.5 Å². The van der Waals surface area contributed by atoms with Gasteiger partial charge in [0, 0.05) is 24.2 Å². The summed E-state index contributed by atoms with van der Waals surface area (Å²) in [4.78, 5) is 25.1. The summed E-state index contributed by atoms with van der Waals surface area (Å²) in [5.41, 5.74) is 5.60. The standard InChI is InChI=1S/C17H26N2O5/c1-16(2,3)24-15(22)19-8-5-11(6-9-19)17(4,18)12-7-10-23-13(12)14(20)21/h7,10-11H,5-6,8-9,18H2,1-4H3,(H,20,21). The molecular formula is C17H26N2O5. The Morgan fingerprint density at radius 3 is 2.38 bits per heavy atom. The third-order valence-electron chi connectivity index (χ3n) is 4.43. The molecule has 1 aromatic rings. The number of ether oxygens (including phenoxy) is 1. The van der Waals surface area contributed by atoms with Crippen LogP contribution in [0, 0.1) is 5.92 Å². The van der Waals surface area contributed by atoms with E-state index in [2.05, 4.69) is 0 Å². The topological polar surface area (TPSA) is 106 Å². The molecule has 1 fully saturated rings. The summed E-state index contributed by atoms with van der Waals surface area (Å²) < 4.78 is 10.4. The molecule has 0 spiro atoms. The van der Waals surface area contributed by atoms with Crippen LogP contribution in [0.25, 0.3) is 0 Å². The minimum absolute atomic E-state index is 0.0480. The summed E-state index contributed by atoms with van der Waals surface area (Å²) in [6.07, 6.45) is 2.38. The zero-order valence-electron chi connectivity index (χ0n) is 14.7. The van der Waals surface area contributed by atoms with Crippen molar-refractivity contribution in [3.8, 4) is 0 Å². The Balaban J connectivity index is 2.04. The van der Waals surface area contributed by atoms with E-state index in [1.165, 1.54) is 6.26 Å². The first kappa shape index (κ1) is 18.3. The number of nitrogens with zero attached hydrogens (tertiary/aromatic N) is 1. The van der Waals surface area contributed by atoms with E-state index in [1.807, 2.05) is 27.7 Å². The van der Waals surface area contributed by atoms with E-state index < -0.39 is 17.1 Å². The van der Waals surface area contributed by atoms with Gasteiger partial charge in [-0.2, -0.15) is 0 Å². The molecule has 1 unspecified atom stereocenters. The average molecular weight is 338 g/mol. The summed E-state index contributed by atoms with van der Waals surface area (Å²) in [6.45, 7) is 8.39. The number of piperidine rings is 1. The van der Waals surface area contributed by atoms with Crippen molar-refractivity contribution in [3.63, 3.8) is 0 Å². The van der Waals surface area contributed by atoms with E-state index in [1.54, 1.807) is 11.0 Å². The van der Waals surface area contributed by atoms with Gasteiger partial charge in [-0.25, -0.2) is 9.59 Å². The van der Waals surface area contributed by atoms with Crippen molar-refractivity contribution in [1.29, 1.82) is 0 Å². The fourth-order valence-electron chi connectivity index (χ4n) is 3.11. The van der Waals surface area contributed by atoms with Crippen molar-refractivity contribution in [2.24, 2.45) is 11.7 Å². The number of likely N-dealkylation sites (tertiary alicyclic amines) is 1. The maximum absolute atomic E-state index is 12.1. The first-order valence-electron chi connectivity index (χ1n) is 8.10. The lowest BCUT2D eigenvalue weighted by Gasteiger charge is -2.40. The predicted octanol–water partition coefficient (Wildman–Crippen LogP) is 2.80. The van der Waals surface area contributed by atoms with Crippen molar-refractivity contribution >= 4 is 12.1 Å². The van der Waals surface area contributed by atoms with E-state index in [9.17, 15) is 14.7 Å². The van der Waals surface area contributed by atoms with Crippen molar-refractivity contribution in [2.75, 3.05) is 13.1 Å². The number of carboxylic acid groups (broad SMARTS) is 1. The average Bonchev–Trinajstić information content (AvgIpc) is 2.96. The Hall–Kier alpha value is -2.02. The fraction of sp³-hybridized carbons (Fsp3) is 0.647. The van der Waals surface area contributed by atoms with Crippen LogP contribution in [0.4, 0.5) is 4.79 Å². The second kappa shape index (κ2) is 6.47. The van der Waals surface area contributed by atoms with E-state index in [-0.39, 0.29) is 17.8 Å². The number of carbonyl (C=O) groups excluding carboxylic acids is 1. The molecule has 0 saturated carbocycles. The van der Waals surface area contributed by atoms with Crippen LogP contribution < -0.4 is 5.73 Å². The van der Waals surface area contributed by atoms with E-state index in [4.69, 9.17) is 14.9 Å². The quantitative estimate of drug-likeness (QED) is 0.878. The predicted molar refractivity (Wildman–Crippen MR) is 87.7 cm³/mol. The molecule has 1 saturated heterocycles. The SMILES string of the molecule is CC(C)(C)OC(=O)N1CCC(C(C)(N)c2ccoc2C(=O)O)CC1. The Kier molecular flexibility index (Phi) is 4.94. The number of amides is 1. The third-order valence-corrected chi connectivity index (χ3v) is 4.43. The zero-order chi connectivity index (χ0) is 18.1. The summed E-state index contributed by atoms with van der Waals surface area (Å²) in [5.74, 6) is -1.20. The van der Waals surface area contributed by atoms with Gasteiger partial charge < -0.3 is 24.9 Å². The lowest BCUT2D eigenvalue weighted by molar-refractivity contribution is 0.0150. The Morgan fingerprint density at radius 1 is 1.29 bits per heavy atom. The number of carboxylic acids is 1. The van der Waals surface area contributed by atoms with Crippen LogP contribution in [0.2, 0.25) is 0 Å². The molecule has 7 nitrogen and oxygen atoms in total. The highest BCUT2D eigenvalue weighted by Crippen LogP contribution is 2.36. The van der Waals surface area contributed by atoms with Crippen molar-refractivity contribution in [2.45, 2.75) is 51.7 Å². The molecule has 1 atom stereocenters. The van der Waals surface area contributed by atoms with Gasteiger partial charge in [-0.1, -0.05) is 0 Å². The first-order valence-corrected chi connectivity index (χ1v) is 8.10. The minimum atomic E-state index is -1.13. The number of nitrogens with two attached hydrogens (primary N) is 1. The van der Waals surface area contributed by atoms with Gasteiger partial charge in [-0.15, -0.1) is 0 Å². The van der Waals surface area contributed by atoms with Crippen LogP contribution in [-0.4, -0.2) is 40.8 Å². The number of carbonyl (C=O) groups is 2. The van der Waals surface area contributed by atoms with Crippen LogP contribution in [0.1, 0.15) is 56.7 Å². The van der Waals surface area contributed by atoms with Crippen LogP contribution in [-0.2, 0) is 10.3 Å². The van der Waals surface area contributed by atoms with Crippen LogP contribution in [0.15, 0.2) is 16.7 Å². The Labute approximate surface area is 141 Å². The van der Waals surface area contributed by atoms with Gasteiger partial charge in [0.15, 0.2) is 0 Å². The van der Waals surface area contributed by atoms with Gasteiger partial charge in [0.25, 0.3) is 0 Å². The lowest BCUT2D eigenvalue weighted by Crippen LogP contribution is -2.49. The van der Waals surface area contributed by atoms with Crippen LogP contribution in [0.3, 0.4) is 0 Å². The van der Waals surface area contributed by atoms with Gasteiger partial charge in [0.2, 0.25) is 5.76 Å². The molecular weight excluding hydrogens is 312 g/mol. The van der Waals surface area contributed by atoms with Gasteiger partial charge in [-0.05, 0) is 52.5 Å². The lowest BCUT2D eigenvalue weighted by atomic mass is 9.75. The normalized spacial score (nSPS) is 19.0. The molecule has 1 aliphatic heterocycles. The maximum atomic E-state index is 12.1. The molecule has 1 aliphatic rings. The highest BCUT2D eigenvalue weighted by molar-refractivity contribution is 5.86. The van der Waals surface area contributed by atoms with Gasteiger partial charge in [-0.3, -0.25) is 0 Å². The third kappa shape index (κ3) is 3.90. The highest BCUT2D eigenvalue weighted by Gasteiger charge is 2.39. The summed E-state index contributed by atoms with van der Waals surface area (Å²) in [7, 11) is 0. The monoisotopic (exact) mass is 338 g/mol. The molecule has 2 rings (SSSR count). The first-order chi connectivity index (χ1) is 11.0. The molecule has 0 radical (unpaired) electrons.